The number of fused-ring (bicyclic) bond motifs is 1. The summed E-state index contributed by atoms with van der Waals surface area (Å²) in [6.45, 7) is 0. The predicted molar refractivity (Wildman–Crippen MR) is 60.7 cm³/mol. The van der Waals surface area contributed by atoms with Crippen molar-refractivity contribution in [2.75, 3.05) is 0 Å². The van der Waals surface area contributed by atoms with Gasteiger partial charge in [0, 0.05) is 9.86 Å². The summed E-state index contributed by atoms with van der Waals surface area (Å²) in [6, 6.07) is 10.9. The molecule has 4 heteroatoms. The summed E-state index contributed by atoms with van der Waals surface area (Å²) in [6.07, 6.45) is 0. The van der Waals surface area contributed by atoms with E-state index in [1.54, 1.807) is 12.1 Å². The van der Waals surface area contributed by atoms with Crippen molar-refractivity contribution >= 4 is 37.8 Å². The van der Waals surface area contributed by atoms with E-state index in [0.717, 1.165) is 15.2 Å². The Morgan fingerprint density at radius 3 is 2.43 bits per heavy atom. The second-order valence-corrected chi connectivity index (χ2v) is 4.63. The molecule has 0 fully saturated rings. The molecule has 1 unspecified atom stereocenters. The molecule has 0 amide bonds. The van der Waals surface area contributed by atoms with Crippen LogP contribution in [0.2, 0.25) is 0 Å². The van der Waals surface area contributed by atoms with Crippen LogP contribution in [0, 0.1) is 0 Å². The summed E-state index contributed by atoms with van der Waals surface area (Å²) in [4.78, 5) is 0.448. The van der Waals surface area contributed by atoms with Crippen LogP contribution in [-0.2, 0) is 11.1 Å². The molecule has 2 aromatic carbocycles. The smallest absolute Gasteiger partial charge is 0.187 e. The van der Waals surface area contributed by atoms with Crippen LogP contribution in [0.15, 0.2) is 45.8 Å². The van der Waals surface area contributed by atoms with E-state index in [0.29, 0.717) is 4.90 Å². The largest absolute Gasteiger partial charge is 0.302 e. The first-order chi connectivity index (χ1) is 6.70. The monoisotopic (exact) mass is 270 g/mol. The fraction of sp³-hybridized carbons (Fsp3) is 0. The normalized spacial score (nSPS) is 13.0. The lowest BCUT2D eigenvalue weighted by Crippen LogP contribution is -1.89. The van der Waals surface area contributed by atoms with Gasteiger partial charge in [0.05, 0.1) is 4.90 Å². The van der Waals surface area contributed by atoms with Gasteiger partial charge in [-0.25, -0.2) is 4.21 Å². The Labute approximate surface area is 92.4 Å². The molecule has 72 valence electrons. The maximum atomic E-state index is 11.0. The molecule has 0 spiro atoms. The molecule has 0 aromatic heterocycles. The summed E-state index contributed by atoms with van der Waals surface area (Å²) in [5.41, 5.74) is 0. The second kappa shape index (κ2) is 3.81. The van der Waals surface area contributed by atoms with Crippen LogP contribution in [0.5, 0.6) is 0 Å². The molecule has 1 atom stereocenters. The zero-order valence-electron chi connectivity index (χ0n) is 7.11. The maximum Gasteiger partial charge on any atom is 0.187 e. The van der Waals surface area contributed by atoms with Crippen LogP contribution in [0.3, 0.4) is 0 Å². The molecule has 14 heavy (non-hydrogen) atoms. The van der Waals surface area contributed by atoms with Gasteiger partial charge in [-0.15, -0.1) is 0 Å². The molecule has 2 aromatic rings. The van der Waals surface area contributed by atoms with Crippen molar-refractivity contribution in [1.29, 1.82) is 0 Å². The third kappa shape index (κ3) is 1.61. The number of rotatable bonds is 1. The highest BCUT2D eigenvalue weighted by atomic mass is 79.9. The average molecular weight is 271 g/mol. The minimum absolute atomic E-state index is 0.448. The number of hydrogen-bond acceptors (Lipinski definition) is 1. The topological polar surface area (TPSA) is 37.3 Å². The second-order valence-electron chi connectivity index (χ2n) is 2.84. The Morgan fingerprint density at radius 1 is 1.07 bits per heavy atom. The zero-order valence-corrected chi connectivity index (χ0v) is 9.51. The van der Waals surface area contributed by atoms with Gasteiger partial charge in [0.2, 0.25) is 0 Å². The molecule has 0 radical (unpaired) electrons. The van der Waals surface area contributed by atoms with Crippen molar-refractivity contribution in [2.45, 2.75) is 4.90 Å². The molecule has 1 N–H and O–H groups in total. The summed E-state index contributed by atoms with van der Waals surface area (Å²) in [5.74, 6) is 0. The molecule has 0 aliphatic heterocycles. The Kier molecular flexibility index (Phi) is 2.67. The minimum atomic E-state index is -1.93. The molecule has 0 saturated heterocycles. The van der Waals surface area contributed by atoms with E-state index in [9.17, 15) is 4.21 Å². The highest BCUT2D eigenvalue weighted by Gasteiger charge is 2.06. The molecule has 0 bridgehead atoms. The predicted octanol–water partition coefficient (Wildman–Crippen LogP) is 3.18. The zero-order chi connectivity index (χ0) is 10.1. The van der Waals surface area contributed by atoms with E-state index in [1.807, 2.05) is 24.3 Å². The quantitative estimate of drug-likeness (QED) is 0.809. The summed E-state index contributed by atoms with van der Waals surface area (Å²) in [7, 11) is 0. The average Bonchev–Trinajstić information content (AvgIpc) is 2.17. The fourth-order valence-corrected chi connectivity index (χ4v) is 2.45. The molecule has 0 heterocycles. The van der Waals surface area contributed by atoms with Gasteiger partial charge in [-0.05, 0) is 17.5 Å². The van der Waals surface area contributed by atoms with Crippen molar-refractivity contribution in [3.63, 3.8) is 0 Å². The number of hydrogen-bond donors (Lipinski definition) is 1. The van der Waals surface area contributed by atoms with Gasteiger partial charge < -0.3 is 4.55 Å². The van der Waals surface area contributed by atoms with Crippen LogP contribution in [-0.4, -0.2) is 8.76 Å². The number of benzene rings is 2. The Morgan fingerprint density at radius 2 is 1.71 bits per heavy atom. The third-order valence-corrected chi connectivity index (χ3v) is 3.44. The van der Waals surface area contributed by atoms with Crippen LogP contribution >= 0.6 is 15.9 Å². The molecule has 0 aliphatic carbocycles. The van der Waals surface area contributed by atoms with Crippen LogP contribution < -0.4 is 0 Å². The van der Waals surface area contributed by atoms with Gasteiger partial charge in [-0.3, -0.25) is 0 Å². The first-order valence-electron chi connectivity index (χ1n) is 3.98. The third-order valence-electron chi connectivity index (χ3n) is 2.02. The highest BCUT2D eigenvalue weighted by Crippen LogP contribution is 2.27. The Balaban J connectivity index is 2.88. The van der Waals surface area contributed by atoms with Gasteiger partial charge in [0.1, 0.15) is 0 Å². The molecule has 0 aliphatic rings. The first-order valence-corrected chi connectivity index (χ1v) is 5.88. The summed E-state index contributed by atoms with van der Waals surface area (Å²) < 4.78 is 21.0. The van der Waals surface area contributed by atoms with Crippen molar-refractivity contribution in [3.05, 3.63) is 40.9 Å². The van der Waals surface area contributed by atoms with Crippen molar-refractivity contribution in [1.82, 2.24) is 0 Å². The van der Waals surface area contributed by atoms with E-state index < -0.39 is 11.1 Å². The lowest BCUT2D eigenvalue weighted by Gasteiger charge is -2.03. The van der Waals surface area contributed by atoms with E-state index in [1.165, 1.54) is 0 Å². The SMILES string of the molecule is O=S(O)c1cccc2c(Br)cccc12. The van der Waals surface area contributed by atoms with Gasteiger partial charge in [-0.1, -0.05) is 40.2 Å². The van der Waals surface area contributed by atoms with E-state index in [-0.39, 0.29) is 0 Å². The van der Waals surface area contributed by atoms with E-state index in [2.05, 4.69) is 15.9 Å². The Bertz CT molecular complexity index is 510. The van der Waals surface area contributed by atoms with Crippen LogP contribution in [0.25, 0.3) is 10.8 Å². The first kappa shape index (κ1) is 9.83. The summed E-state index contributed by atoms with van der Waals surface area (Å²) in [5, 5.41) is 1.76. The Hall–Kier alpha value is -0.710. The van der Waals surface area contributed by atoms with E-state index >= 15 is 0 Å². The summed E-state index contributed by atoms with van der Waals surface area (Å²) >= 11 is 1.47. The van der Waals surface area contributed by atoms with Gasteiger partial charge in [-0.2, -0.15) is 0 Å². The van der Waals surface area contributed by atoms with Crippen molar-refractivity contribution in [3.8, 4) is 0 Å². The minimum Gasteiger partial charge on any atom is -0.302 e. The molecule has 0 saturated carbocycles. The molecule has 2 rings (SSSR count). The van der Waals surface area contributed by atoms with Gasteiger partial charge in [0.15, 0.2) is 11.1 Å². The fourth-order valence-electron chi connectivity index (χ4n) is 1.40. The van der Waals surface area contributed by atoms with Crippen molar-refractivity contribution in [2.24, 2.45) is 0 Å². The lowest BCUT2D eigenvalue weighted by atomic mass is 10.1. The maximum absolute atomic E-state index is 11.0. The van der Waals surface area contributed by atoms with Gasteiger partial charge in [0.25, 0.3) is 0 Å². The van der Waals surface area contributed by atoms with E-state index in [4.69, 9.17) is 4.55 Å². The van der Waals surface area contributed by atoms with Crippen LogP contribution in [0.4, 0.5) is 0 Å². The molecule has 2 nitrogen and oxygen atoms in total. The van der Waals surface area contributed by atoms with Crippen molar-refractivity contribution < 1.29 is 8.76 Å². The van der Waals surface area contributed by atoms with Gasteiger partial charge >= 0.3 is 0 Å². The standard InChI is InChI=1S/C10H7BrO2S/c11-9-5-1-4-8-7(9)3-2-6-10(8)14(12)13/h1-6H,(H,12,13). The number of halogens is 1. The molecular formula is C10H7BrO2S. The molecular weight excluding hydrogens is 264 g/mol. The van der Waals surface area contributed by atoms with Crippen LogP contribution in [0.1, 0.15) is 0 Å². The highest BCUT2D eigenvalue weighted by molar-refractivity contribution is 9.10. The lowest BCUT2D eigenvalue weighted by molar-refractivity contribution is 0.565.